The lowest BCUT2D eigenvalue weighted by molar-refractivity contribution is 0.628. The molecular formula is C15H13F2N3Si. The van der Waals surface area contributed by atoms with Crippen molar-refractivity contribution < 1.29 is 8.78 Å². The molecule has 6 heteroatoms. The second-order valence-electron chi connectivity index (χ2n) is 4.93. The zero-order chi connectivity index (χ0) is 14.9. The van der Waals surface area contributed by atoms with Gasteiger partial charge < -0.3 is 0 Å². The van der Waals surface area contributed by atoms with Gasteiger partial charge in [0.2, 0.25) is 8.24 Å². The molecule has 3 aromatic rings. The van der Waals surface area contributed by atoms with E-state index in [1.165, 1.54) is 30.6 Å². The van der Waals surface area contributed by atoms with E-state index in [-0.39, 0.29) is 11.6 Å². The van der Waals surface area contributed by atoms with E-state index in [1.54, 1.807) is 30.6 Å². The van der Waals surface area contributed by atoms with Crippen LogP contribution in [0, 0.1) is 11.6 Å². The Labute approximate surface area is 122 Å². The minimum atomic E-state index is -2.46. The van der Waals surface area contributed by atoms with E-state index >= 15 is 0 Å². The van der Waals surface area contributed by atoms with Crippen molar-refractivity contribution in [1.29, 1.82) is 0 Å². The van der Waals surface area contributed by atoms with E-state index < -0.39 is 8.24 Å². The highest BCUT2D eigenvalue weighted by molar-refractivity contribution is 6.99. The molecule has 0 saturated carbocycles. The fraction of sp³-hybridized carbons (Fsp3) is 0.0667. The molecule has 0 radical (unpaired) electrons. The molecule has 0 spiro atoms. The standard InChI is InChI=1S/C15H13F2N3Si/c1-21(20-11-18-10-19-20,14-6-2-12(16)3-7-14)15-8-4-13(17)5-9-15/h2-11H,1H3. The first-order valence-corrected chi connectivity index (χ1v) is 8.92. The smallest absolute Gasteiger partial charge is 0.245 e. The van der Waals surface area contributed by atoms with Gasteiger partial charge in [-0.05, 0) is 41.2 Å². The summed E-state index contributed by atoms with van der Waals surface area (Å²) in [7, 11) is -2.46. The van der Waals surface area contributed by atoms with Gasteiger partial charge in [0.25, 0.3) is 0 Å². The second-order valence-corrected chi connectivity index (χ2v) is 8.68. The molecule has 1 heterocycles. The average Bonchev–Trinajstić information content (AvgIpc) is 3.02. The molecule has 3 rings (SSSR count). The lowest BCUT2D eigenvalue weighted by Gasteiger charge is -2.28. The van der Waals surface area contributed by atoms with E-state index in [0.29, 0.717) is 0 Å². The monoisotopic (exact) mass is 301 g/mol. The molecule has 0 saturated heterocycles. The first-order chi connectivity index (χ1) is 10.1. The van der Waals surface area contributed by atoms with E-state index in [0.717, 1.165) is 10.4 Å². The summed E-state index contributed by atoms with van der Waals surface area (Å²) in [6.07, 6.45) is 3.12. The van der Waals surface area contributed by atoms with Crippen molar-refractivity contribution in [3.8, 4) is 0 Å². The Kier molecular flexibility index (Phi) is 3.38. The quantitative estimate of drug-likeness (QED) is 0.691. The van der Waals surface area contributed by atoms with Gasteiger partial charge in [-0.3, -0.25) is 4.35 Å². The third-order valence-electron chi connectivity index (χ3n) is 3.69. The van der Waals surface area contributed by atoms with Gasteiger partial charge in [0, 0.05) is 0 Å². The van der Waals surface area contributed by atoms with Crippen LogP contribution in [0.25, 0.3) is 0 Å². The summed E-state index contributed by atoms with van der Waals surface area (Å²) in [5, 5.41) is 6.21. The predicted octanol–water partition coefficient (Wildman–Crippen LogP) is 1.79. The molecule has 106 valence electrons. The summed E-state index contributed by atoms with van der Waals surface area (Å²) in [6, 6.07) is 12.8. The van der Waals surface area contributed by atoms with Crippen LogP contribution >= 0.6 is 0 Å². The Morgan fingerprint density at radius 1 is 0.857 bits per heavy atom. The molecule has 0 unspecified atom stereocenters. The van der Waals surface area contributed by atoms with Crippen molar-refractivity contribution in [3.05, 3.63) is 72.8 Å². The topological polar surface area (TPSA) is 30.7 Å². The summed E-state index contributed by atoms with van der Waals surface area (Å²) in [6.45, 7) is 2.07. The van der Waals surface area contributed by atoms with Gasteiger partial charge in [-0.2, -0.15) is 5.10 Å². The van der Waals surface area contributed by atoms with E-state index in [2.05, 4.69) is 16.6 Å². The van der Waals surface area contributed by atoms with Crippen molar-refractivity contribution in [2.45, 2.75) is 6.55 Å². The summed E-state index contributed by atoms with van der Waals surface area (Å²) < 4.78 is 28.2. The molecule has 21 heavy (non-hydrogen) atoms. The molecule has 0 fully saturated rings. The SMILES string of the molecule is C[Si](c1ccc(F)cc1)(c1ccc(F)cc1)n1cncn1. The summed E-state index contributed by atoms with van der Waals surface area (Å²) in [5.74, 6) is -0.569. The van der Waals surface area contributed by atoms with Crippen LogP contribution in [0.1, 0.15) is 0 Å². The molecule has 0 aliphatic heterocycles. The van der Waals surface area contributed by atoms with Gasteiger partial charge in [-0.1, -0.05) is 24.3 Å². The maximum Gasteiger partial charge on any atom is 0.245 e. The van der Waals surface area contributed by atoms with Crippen LogP contribution in [-0.2, 0) is 0 Å². The Balaban J connectivity index is 2.20. The first-order valence-electron chi connectivity index (χ1n) is 6.48. The maximum atomic E-state index is 13.2. The second kappa shape index (κ2) is 5.21. The van der Waals surface area contributed by atoms with E-state index in [4.69, 9.17) is 0 Å². The number of hydrogen-bond donors (Lipinski definition) is 0. The minimum absolute atomic E-state index is 0.284. The van der Waals surface area contributed by atoms with Crippen molar-refractivity contribution >= 4 is 18.6 Å². The fourth-order valence-corrected chi connectivity index (χ4v) is 5.49. The number of benzene rings is 2. The minimum Gasteiger partial charge on any atom is -0.273 e. The van der Waals surface area contributed by atoms with Gasteiger partial charge in [0.15, 0.2) is 0 Å². The number of halogens is 2. The molecule has 2 aromatic carbocycles. The lowest BCUT2D eigenvalue weighted by atomic mass is 10.3. The Morgan fingerprint density at radius 2 is 1.33 bits per heavy atom. The van der Waals surface area contributed by atoms with Crippen LogP contribution < -0.4 is 10.4 Å². The summed E-state index contributed by atoms with van der Waals surface area (Å²) in [5.41, 5.74) is 0. The van der Waals surface area contributed by atoms with Gasteiger partial charge in [0.05, 0.1) is 0 Å². The van der Waals surface area contributed by atoms with Crippen LogP contribution in [-0.4, -0.2) is 22.7 Å². The summed E-state index contributed by atoms with van der Waals surface area (Å²) in [4.78, 5) is 4.01. The van der Waals surface area contributed by atoms with Crippen molar-refractivity contribution in [1.82, 2.24) is 14.4 Å². The number of hydrogen-bond acceptors (Lipinski definition) is 2. The number of rotatable bonds is 3. The van der Waals surface area contributed by atoms with Crippen LogP contribution in [0.4, 0.5) is 8.78 Å². The van der Waals surface area contributed by atoms with Crippen molar-refractivity contribution in [2.75, 3.05) is 0 Å². The molecule has 3 nitrogen and oxygen atoms in total. The predicted molar refractivity (Wildman–Crippen MR) is 79.1 cm³/mol. The first kappa shape index (κ1) is 13.6. The molecular weight excluding hydrogens is 288 g/mol. The molecule has 0 aliphatic carbocycles. The van der Waals surface area contributed by atoms with Crippen molar-refractivity contribution in [2.24, 2.45) is 0 Å². The lowest BCUT2D eigenvalue weighted by Crippen LogP contribution is -2.62. The maximum absolute atomic E-state index is 13.2. The van der Waals surface area contributed by atoms with Gasteiger partial charge in [-0.15, -0.1) is 0 Å². The molecule has 0 amide bonds. The Bertz CT molecular complexity index is 679. The highest BCUT2D eigenvalue weighted by Crippen LogP contribution is 2.09. The number of aromatic nitrogens is 3. The molecule has 1 aromatic heterocycles. The fourth-order valence-electron chi connectivity index (χ4n) is 2.42. The van der Waals surface area contributed by atoms with Gasteiger partial charge in [-0.25, -0.2) is 13.8 Å². The Hall–Kier alpha value is -2.34. The van der Waals surface area contributed by atoms with E-state index in [1.807, 2.05) is 4.35 Å². The van der Waals surface area contributed by atoms with Gasteiger partial charge >= 0.3 is 0 Å². The van der Waals surface area contributed by atoms with Gasteiger partial charge in [0.1, 0.15) is 24.3 Å². The molecule has 0 aliphatic rings. The Morgan fingerprint density at radius 3 is 1.71 bits per heavy atom. The third-order valence-corrected chi connectivity index (χ3v) is 7.75. The van der Waals surface area contributed by atoms with Crippen LogP contribution in [0.3, 0.4) is 0 Å². The summed E-state index contributed by atoms with van der Waals surface area (Å²) >= 11 is 0. The average molecular weight is 301 g/mol. The van der Waals surface area contributed by atoms with Crippen LogP contribution in [0.2, 0.25) is 6.55 Å². The molecule has 0 N–H and O–H groups in total. The number of nitrogens with zero attached hydrogens (tertiary/aromatic N) is 3. The largest absolute Gasteiger partial charge is 0.273 e. The third kappa shape index (κ3) is 2.38. The van der Waals surface area contributed by atoms with E-state index in [9.17, 15) is 8.78 Å². The normalized spacial score (nSPS) is 11.6. The zero-order valence-electron chi connectivity index (χ0n) is 11.4. The highest BCUT2D eigenvalue weighted by Gasteiger charge is 2.36. The highest BCUT2D eigenvalue weighted by atomic mass is 28.3. The molecule has 0 atom stereocenters. The van der Waals surface area contributed by atoms with Crippen LogP contribution in [0.15, 0.2) is 61.2 Å². The van der Waals surface area contributed by atoms with Crippen molar-refractivity contribution in [3.63, 3.8) is 0 Å². The van der Waals surface area contributed by atoms with Crippen LogP contribution in [0.5, 0.6) is 0 Å². The molecule has 0 bridgehead atoms. The zero-order valence-corrected chi connectivity index (χ0v) is 12.4.